The number of anilines is 1. The third-order valence-electron chi connectivity index (χ3n) is 6.23. The first-order chi connectivity index (χ1) is 18.8. The molecule has 0 saturated carbocycles. The molecular weight excluding hydrogens is 509 g/mol. The van der Waals surface area contributed by atoms with Gasteiger partial charge < -0.3 is 10.1 Å². The number of fused-ring (bicyclic) bond motifs is 1. The monoisotopic (exact) mass is 535 g/mol. The molecule has 0 aliphatic rings. The second-order valence-electron chi connectivity index (χ2n) is 9.62. The molecule has 194 valence electrons. The lowest BCUT2D eigenvalue weighted by atomic mass is 10.0. The highest BCUT2D eigenvalue weighted by molar-refractivity contribution is 7.17. The van der Waals surface area contributed by atoms with Gasteiger partial charge in [0.25, 0.3) is 5.91 Å². The number of benzene rings is 3. The Morgan fingerprint density at radius 1 is 1.05 bits per heavy atom. The van der Waals surface area contributed by atoms with Crippen LogP contribution >= 0.6 is 11.3 Å². The van der Waals surface area contributed by atoms with Crippen LogP contribution in [0.15, 0.2) is 78.9 Å². The lowest BCUT2D eigenvalue weighted by Crippen LogP contribution is -2.13. The van der Waals surface area contributed by atoms with E-state index in [0.717, 1.165) is 21.8 Å². The smallest absolute Gasteiger partial charge is 0.257 e. The number of para-hydroxylation sites is 1. The largest absolute Gasteiger partial charge is 0.493 e. The van der Waals surface area contributed by atoms with Gasteiger partial charge in [-0.05, 0) is 54.8 Å². The highest BCUT2D eigenvalue weighted by Gasteiger charge is 2.21. The van der Waals surface area contributed by atoms with Gasteiger partial charge in [0.1, 0.15) is 22.6 Å². The van der Waals surface area contributed by atoms with Gasteiger partial charge in [-0.3, -0.25) is 4.79 Å². The third kappa shape index (κ3) is 5.52. The number of hydrogen-bond acceptors (Lipinski definition) is 5. The first-order valence-electron chi connectivity index (χ1n) is 12.6. The SMILES string of the molecule is Cc1sc(NC(=O)c2cc(-c3cccc(OCC(C)C)c3)nc3ccccc23)c(C#N)c1-c1ccc(F)cc1. The fraction of sp³-hybridized carbons (Fsp3) is 0.156. The van der Waals surface area contributed by atoms with E-state index >= 15 is 0 Å². The molecule has 1 N–H and O–H groups in total. The molecule has 2 aromatic heterocycles. The molecule has 5 rings (SSSR count). The highest BCUT2D eigenvalue weighted by atomic mass is 32.1. The van der Waals surface area contributed by atoms with E-state index in [9.17, 15) is 14.4 Å². The highest BCUT2D eigenvalue weighted by Crippen LogP contribution is 2.40. The van der Waals surface area contributed by atoms with E-state index < -0.39 is 0 Å². The number of carbonyl (C=O) groups is 1. The molecule has 0 aliphatic carbocycles. The summed E-state index contributed by atoms with van der Waals surface area (Å²) in [5.74, 6) is 0.440. The summed E-state index contributed by atoms with van der Waals surface area (Å²) in [6, 6.07) is 25.2. The van der Waals surface area contributed by atoms with E-state index in [-0.39, 0.29) is 11.7 Å². The van der Waals surface area contributed by atoms with E-state index in [1.54, 1.807) is 18.2 Å². The maximum Gasteiger partial charge on any atom is 0.257 e. The van der Waals surface area contributed by atoms with Crippen molar-refractivity contribution < 1.29 is 13.9 Å². The fourth-order valence-electron chi connectivity index (χ4n) is 4.39. The topological polar surface area (TPSA) is 75.0 Å². The number of nitriles is 1. The number of aryl methyl sites for hydroxylation is 1. The number of ether oxygens (including phenoxy) is 1. The van der Waals surface area contributed by atoms with Crippen LogP contribution in [-0.2, 0) is 0 Å². The predicted octanol–water partition coefficient (Wildman–Crippen LogP) is 8.24. The van der Waals surface area contributed by atoms with Gasteiger partial charge in [-0.2, -0.15) is 5.26 Å². The van der Waals surface area contributed by atoms with Crippen molar-refractivity contribution in [3.8, 4) is 34.2 Å². The van der Waals surface area contributed by atoms with Gasteiger partial charge in [-0.15, -0.1) is 11.3 Å². The summed E-state index contributed by atoms with van der Waals surface area (Å²) in [4.78, 5) is 19.4. The Morgan fingerprint density at radius 2 is 1.82 bits per heavy atom. The van der Waals surface area contributed by atoms with Crippen molar-refractivity contribution in [2.24, 2.45) is 5.92 Å². The van der Waals surface area contributed by atoms with Crippen molar-refractivity contribution in [2.45, 2.75) is 20.8 Å². The number of amides is 1. The van der Waals surface area contributed by atoms with Gasteiger partial charge in [-0.1, -0.05) is 56.3 Å². The summed E-state index contributed by atoms with van der Waals surface area (Å²) in [7, 11) is 0. The fourth-order valence-corrected chi connectivity index (χ4v) is 5.41. The molecule has 0 spiro atoms. The van der Waals surface area contributed by atoms with Crippen molar-refractivity contribution in [3.05, 3.63) is 101 Å². The van der Waals surface area contributed by atoms with Crippen LogP contribution in [0.3, 0.4) is 0 Å². The second-order valence-corrected chi connectivity index (χ2v) is 10.8. The van der Waals surface area contributed by atoms with Gasteiger partial charge in [0, 0.05) is 21.4 Å². The zero-order valence-corrected chi connectivity index (χ0v) is 22.6. The quantitative estimate of drug-likeness (QED) is 0.228. The van der Waals surface area contributed by atoms with Crippen LogP contribution in [0.25, 0.3) is 33.3 Å². The zero-order chi connectivity index (χ0) is 27.5. The predicted molar refractivity (Wildman–Crippen MR) is 155 cm³/mol. The number of halogens is 1. The number of nitrogens with zero attached hydrogens (tertiary/aromatic N) is 2. The normalized spacial score (nSPS) is 11.0. The summed E-state index contributed by atoms with van der Waals surface area (Å²) < 4.78 is 19.4. The van der Waals surface area contributed by atoms with Gasteiger partial charge in [-0.25, -0.2) is 9.37 Å². The summed E-state index contributed by atoms with van der Waals surface area (Å²) >= 11 is 1.32. The number of hydrogen-bond donors (Lipinski definition) is 1. The molecule has 3 aromatic carbocycles. The van der Waals surface area contributed by atoms with Crippen molar-refractivity contribution in [1.82, 2.24) is 4.98 Å². The Bertz CT molecular complexity index is 1720. The van der Waals surface area contributed by atoms with Gasteiger partial charge in [0.05, 0.1) is 28.9 Å². The Kier molecular flexibility index (Phi) is 7.40. The lowest BCUT2D eigenvalue weighted by molar-refractivity contribution is 0.102. The first kappa shape index (κ1) is 26.1. The number of nitrogens with one attached hydrogen (secondary N) is 1. The van der Waals surface area contributed by atoms with Crippen LogP contribution in [0.5, 0.6) is 5.75 Å². The van der Waals surface area contributed by atoms with E-state index in [2.05, 4.69) is 25.2 Å². The van der Waals surface area contributed by atoms with E-state index in [0.29, 0.717) is 50.8 Å². The molecule has 5 nitrogen and oxygen atoms in total. The zero-order valence-electron chi connectivity index (χ0n) is 21.8. The Hall–Kier alpha value is -4.54. The van der Waals surface area contributed by atoms with Crippen molar-refractivity contribution in [3.63, 3.8) is 0 Å². The number of rotatable bonds is 7. The molecule has 7 heteroatoms. The van der Waals surface area contributed by atoms with Crippen molar-refractivity contribution in [2.75, 3.05) is 11.9 Å². The van der Waals surface area contributed by atoms with E-state index in [1.807, 2.05) is 55.5 Å². The van der Waals surface area contributed by atoms with Crippen LogP contribution in [0, 0.1) is 30.0 Å². The van der Waals surface area contributed by atoms with Crippen LogP contribution in [0.2, 0.25) is 0 Å². The standard InChI is InChI=1S/C32H26FN3O2S/c1-19(2)18-38-24-8-6-7-22(15-24)29-16-26(25-9-4-5-10-28(25)35-29)31(37)36-32-27(17-34)30(20(3)39-32)21-11-13-23(33)14-12-21/h4-16,19H,18H2,1-3H3,(H,36,37). The summed E-state index contributed by atoms with van der Waals surface area (Å²) in [5.41, 5.74) is 4.37. The number of carbonyl (C=O) groups excluding carboxylic acids is 1. The Labute approximate surface area is 230 Å². The molecule has 1 amide bonds. The average molecular weight is 536 g/mol. The molecule has 0 bridgehead atoms. The molecule has 0 aliphatic heterocycles. The van der Waals surface area contributed by atoms with Gasteiger partial charge >= 0.3 is 0 Å². The molecule has 0 radical (unpaired) electrons. The minimum absolute atomic E-state index is 0.342. The molecule has 2 heterocycles. The number of aromatic nitrogens is 1. The van der Waals surface area contributed by atoms with Crippen LogP contribution in [0.4, 0.5) is 9.39 Å². The molecule has 0 atom stereocenters. The lowest BCUT2D eigenvalue weighted by Gasteiger charge is -2.12. The van der Waals surface area contributed by atoms with Crippen LogP contribution < -0.4 is 10.1 Å². The molecule has 0 fully saturated rings. The first-order valence-corrected chi connectivity index (χ1v) is 13.4. The molecule has 5 aromatic rings. The summed E-state index contributed by atoms with van der Waals surface area (Å²) in [6.45, 7) is 6.67. The van der Waals surface area contributed by atoms with Crippen LogP contribution in [-0.4, -0.2) is 17.5 Å². The third-order valence-corrected chi connectivity index (χ3v) is 7.25. The molecule has 39 heavy (non-hydrogen) atoms. The number of thiophene rings is 1. The van der Waals surface area contributed by atoms with Crippen molar-refractivity contribution >= 4 is 33.1 Å². The maximum absolute atomic E-state index is 13.7. The van der Waals surface area contributed by atoms with Gasteiger partial charge in [0.2, 0.25) is 0 Å². The van der Waals surface area contributed by atoms with Gasteiger partial charge in [0.15, 0.2) is 0 Å². The maximum atomic E-state index is 13.7. The van der Waals surface area contributed by atoms with E-state index in [1.165, 1.54) is 23.5 Å². The molecular formula is C32H26FN3O2S. The van der Waals surface area contributed by atoms with E-state index in [4.69, 9.17) is 9.72 Å². The number of pyridine rings is 1. The summed E-state index contributed by atoms with van der Waals surface area (Å²) in [6.07, 6.45) is 0. The Morgan fingerprint density at radius 3 is 2.56 bits per heavy atom. The molecule has 0 unspecified atom stereocenters. The van der Waals surface area contributed by atoms with Crippen molar-refractivity contribution in [1.29, 1.82) is 5.26 Å². The second kappa shape index (κ2) is 11.1. The average Bonchev–Trinajstić information content (AvgIpc) is 3.26. The summed E-state index contributed by atoms with van der Waals surface area (Å²) in [5, 5.41) is 14.1. The minimum atomic E-state index is -0.351. The van der Waals surface area contributed by atoms with Crippen LogP contribution in [0.1, 0.15) is 34.6 Å². The minimum Gasteiger partial charge on any atom is -0.493 e. The molecule has 0 saturated heterocycles. The Balaban J connectivity index is 1.53.